The van der Waals surface area contributed by atoms with Gasteiger partial charge >= 0.3 is 0 Å². The predicted molar refractivity (Wildman–Crippen MR) is 106 cm³/mol. The second-order valence-electron chi connectivity index (χ2n) is 6.38. The minimum atomic E-state index is -0.180. The molecule has 0 aliphatic heterocycles. The van der Waals surface area contributed by atoms with Crippen molar-refractivity contribution in [1.29, 1.82) is 0 Å². The monoisotopic (exact) mass is 330 g/mol. The van der Waals surface area contributed by atoms with E-state index in [4.69, 9.17) is 0 Å². The van der Waals surface area contributed by atoms with Crippen LogP contribution in [0.25, 0.3) is 0 Å². The average molecular weight is 331 g/mol. The highest BCUT2D eigenvalue weighted by atomic mass is 16.1. The van der Waals surface area contributed by atoms with Crippen LogP contribution < -0.4 is 10.6 Å². The molecule has 0 bridgehead atoms. The Balaban J connectivity index is 1.99. The average Bonchev–Trinajstić information content (AvgIpc) is 2.61. The summed E-state index contributed by atoms with van der Waals surface area (Å²) in [5.41, 5.74) is 1.90. The van der Waals surface area contributed by atoms with Crippen molar-refractivity contribution in [1.82, 2.24) is 0 Å². The molecule has 1 amide bonds. The molecule has 0 fully saturated rings. The lowest BCUT2D eigenvalue weighted by Gasteiger charge is -2.08. The Bertz CT molecular complexity index is 453. The second-order valence-corrected chi connectivity index (χ2v) is 6.38. The summed E-state index contributed by atoms with van der Waals surface area (Å²) < 4.78 is 0. The standard InChI is InChI=1S/C21H34N2O/c1-3-5-6-7-8-9-10-11-12-13-18-22-19-14-16-20(17-15-19)23-21(24)4-2/h4,14-17,22H,2-3,5-13,18H2,1H3,(H,23,24). The lowest BCUT2D eigenvalue weighted by atomic mass is 10.1. The van der Waals surface area contributed by atoms with E-state index >= 15 is 0 Å². The van der Waals surface area contributed by atoms with Crippen LogP contribution in [0.15, 0.2) is 36.9 Å². The number of amides is 1. The fourth-order valence-corrected chi connectivity index (χ4v) is 2.71. The van der Waals surface area contributed by atoms with Crippen molar-refractivity contribution in [2.75, 3.05) is 17.2 Å². The number of carbonyl (C=O) groups is 1. The van der Waals surface area contributed by atoms with Gasteiger partial charge in [-0.1, -0.05) is 71.3 Å². The molecular weight excluding hydrogens is 296 g/mol. The summed E-state index contributed by atoms with van der Waals surface area (Å²) in [6.07, 6.45) is 14.9. The summed E-state index contributed by atoms with van der Waals surface area (Å²) in [5.74, 6) is -0.180. The zero-order valence-electron chi connectivity index (χ0n) is 15.3. The van der Waals surface area contributed by atoms with Gasteiger partial charge in [0.05, 0.1) is 0 Å². The first-order valence-electron chi connectivity index (χ1n) is 9.53. The van der Waals surface area contributed by atoms with Gasteiger partial charge in [0.25, 0.3) is 0 Å². The van der Waals surface area contributed by atoms with E-state index in [9.17, 15) is 4.79 Å². The van der Waals surface area contributed by atoms with Crippen LogP contribution in [0.1, 0.15) is 71.1 Å². The van der Waals surface area contributed by atoms with Crippen molar-refractivity contribution in [3.05, 3.63) is 36.9 Å². The topological polar surface area (TPSA) is 41.1 Å². The summed E-state index contributed by atoms with van der Waals surface area (Å²) in [5, 5.41) is 6.18. The van der Waals surface area contributed by atoms with E-state index in [1.807, 2.05) is 24.3 Å². The van der Waals surface area contributed by atoms with Crippen LogP contribution in [-0.2, 0) is 4.79 Å². The number of unbranched alkanes of at least 4 members (excludes halogenated alkanes) is 9. The van der Waals surface area contributed by atoms with Crippen LogP contribution in [0.3, 0.4) is 0 Å². The molecule has 0 saturated carbocycles. The highest BCUT2D eigenvalue weighted by molar-refractivity contribution is 5.98. The molecule has 0 unspecified atom stereocenters. The molecule has 1 rings (SSSR count). The summed E-state index contributed by atoms with van der Waals surface area (Å²) >= 11 is 0. The molecule has 0 saturated heterocycles. The molecule has 0 aromatic heterocycles. The van der Waals surface area contributed by atoms with E-state index in [1.54, 1.807) is 0 Å². The lowest BCUT2D eigenvalue weighted by Crippen LogP contribution is -2.07. The molecule has 0 atom stereocenters. The molecule has 24 heavy (non-hydrogen) atoms. The number of nitrogens with one attached hydrogen (secondary N) is 2. The smallest absolute Gasteiger partial charge is 0.247 e. The minimum Gasteiger partial charge on any atom is -0.385 e. The molecule has 2 N–H and O–H groups in total. The lowest BCUT2D eigenvalue weighted by molar-refractivity contribution is -0.111. The van der Waals surface area contributed by atoms with E-state index in [0.29, 0.717) is 0 Å². The molecular formula is C21H34N2O. The van der Waals surface area contributed by atoms with Crippen molar-refractivity contribution in [2.24, 2.45) is 0 Å². The van der Waals surface area contributed by atoms with Gasteiger partial charge in [-0.3, -0.25) is 4.79 Å². The van der Waals surface area contributed by atoms with Gasteiger partial charge in [-0.05, 0) is 36.8 Å². The van der Waals surface area contributed by atoms with Crippen LogP contribution in [0.2, 0.25) is 0 Å². The maximum Gasteiger partial charge on any atom is 0.247 e. The Kier molecular flexibility index (Phi) is 11.5. The van der Waals surface area contributed by atoms with Crippen molar-refractivity contribution in [3.63, 3.8) is 0 Å². The quantitative estimate of drug-likeness (QED) is 0.317. The Labute approximate surface area is 147 Å². The van der Waals surface area contributed by atoms with Crippen LogP contribution in [-0.4, -0.2) is 12.5 Å². The fourth-order valence-electron chi connectivity index (χ4n) is 2.71. The third-order valence-corrected chi connectivity index (χ3v) is 4.20. The third-order valence-electron chi connectivity index (χ3n) is 4.20. The van der Waals surface area contributed by atoms with Crippen LogP contribution in [0, 0.1) is 0 Å². The molecule has 0 spiro atoms. The van der Waals surface area contributed by atoms with Crippen molar-refractivity contribution >= 4 is 17.3 Å². The van der Waals surface area contributed by atoms with Crippen LogP contribution in [0.5, 0.6) is 0 Å². The van der Waals surface area contributed by atoms with Crippen LogP contribution in [0.4, 0.5) is 11.4 Å². The van der Waals surface area contributed by atoms with Gasteiger partial charge in [0, 0.05) is 17.9 Å². The van der Waals surface area contributed by atoms with Gasteiger partial charge in [-0.15, -0.1) is 0 Å². The first kappa shape index (κ1) is 20.3. The van der Waals surface area contributed by atoms with Gasteiger partial charge in [-0.25, -0.2) is 0 Å². The number of anilines is 2. The third kappa shape index (κ3) is 10.1. The largest absolute Gasteiger partial charge is 0.385 e. The van der Waals surface area contributed by atoms with Crippen molar-refractivity contribution in [2.45, 2.75) is 71.1 Å². The number of hydrogen-bond donors (Lipinski definition) is 2. The second kappa shape index (κ2) is 13.6. The Morgan fingerprint density at radius 1 is 0.875 bits per heavy atom. The molecule has 1 aromatic carbocycles. The molecule has 0 radical (unpaired) electrons. The summed E-state index contributed by atoms with van der Waals surface area (Å²) in [6, 6.07) is 7.80. The Morgan fingerprint density at radius 2 is 1.38 bits per heavy atom. The molecule has 134 valence electrons. The highest BCUT2D eigenvalue weighted by Gasteiger charge is 1.97. The van der Waals surface area contributed by atoms with Gasteiger partial charge in [0.1, 0.15) is 0 Å². The summed E-state index contributed by atoms with van der Waals surface area (Å²) in [6.45, 7) is 6.72. The molecule has 1 aromatic rings. The fraction of sp³-hybridized carbons (Fsp3) is 0.571. The van der Waals surface area contributed by atoms with E-state index in [2.05, 4.69) is 24.1 Å². The summed E-state index contributed by atoms with van der Waals surface area (Å²) in [4.78, 5) is 11.2. The molecule has 3 heteroatoms. The maximum atomic E-state index is 11.2. The molecule has 0 aliphatic carbocycles. The van der Waals surface area contributed by atoms with E-state index in [-0.39, 0.29) is 5.91 Å². The molecule has 0 aliphatic rings. The predicted octanol–water partition coefficient (Wildman–Crippen LogP) is 6.14. The van der Waals surface area contributed by atoms with Gasteiger partial charge < -0.3 is 10.6 Å². The maximum absolute atomic E-state index is 11.2. The van der Waals surface area contributed by atoms with Crippen LogP contribution >= 0.6 is 0 Å². The van der Waals surface area contributed by atoms with Crippen molar-refractivity contribution < 1.29 is 4.79 Å². The first-order valence-corrected chi connectivity index (χ1v) is 9.53. The van der Waals surface area contributed by atoms with Gasteiger partial charge in [-0.2, -0.15) is 0 Å². The molecule has 0 heterocycles. The molecule has 3 nitrogen and oxygen atoms in total. The number of hydrogen-bond acceptors (Lipinski definition) is 2. The van der Waals surface area contributed by atoms with E-state index in [1.165, 1.54) is 70.3 Å². The number of carbonyl (C=O) groups excluding carboxylic acids is 1. The Hall–Kier alpha value is -1.77. The summed E-state index contributed by atoms with van der Waals surface area (Å²) in [7, 11) is 0. The van der Waals surface area contributed by atoms with E-state index < -0.39 is 0 Å². The first-order chi connectivity index (χ1) is 11.8. The number of benzene rings is 1. The zero-order valence-corrected chi connectivity index (χ0v) is 15.3. The Morgan fingerprint density at radius 3 is 1.92 bits per heavy atom. The van der Waals surface area contributed by atoms with Crippen molar-refractivity contribution in [3.8, 4) is 0 Å². The minimum absolute atomic E-state index is 0.180. The zero-order chi connectivity index (χ0) is 17.5. The van der Waals surface area contributed by atoms with Gasteiger partial charge in [0.15, 0.2) is 0 Å². The van der Waals surface area contributed by atoms with E-state index in [0.717, 1.165) is 17.9 Å². The number of rotatable bonds is 14. The van der Waals surface area contributed by atoms with Gasteiger partial charge in [0.2, 0.25) is 5.91 Å². The SMILES string of the molecule is C=CC(=O)Nc1ccc(NCCCCCCCCCCCC)cc1. The normalized spacial score (nSPS) is 10.4. The highest BCUT2D eigenvalue weighted by Crippen LogP contribution is 2.14.